The molecule has 1 saturated carbocycles. The lowest BCUT2D eigenvalue weighted by Crippen LogP contribution is -2.52. The number of nitrogens with one attached hydrogen (secondary N) is 1. The SMILES string of the molecule is CC(C)c1csc(NC(=O)N2CCN(C(=O)[C@H]3C[C@H]3C)CC2)n1. The fraction of sp³-hybridized carbons (Fsp3) is 0.688. The van der Waals surface area contributed by atoms with Crippen LogP contribution in [-0.4, -0.2) is 52.9 Å². The molecule has 0 spiro atoms. The third-order valence-corrected chi connectivity index (χ3v) is 5.41. The first-order valence-electron chi connectivity index (χ1n) is 8.26. The second-order valence-electron chi connectivity index (χ2n) is 6.79. The van der Waals surface area contributed by atoms with E-state index in [1.165, 1.54) is 11.3 Å². The van der Waals surface area contributed by atoms with E-state index in [0.29, 0.717) is 43.1 Å². The van der Waals surface area contributed by atoms with Gasteiger partial charge in [0.2, 0.25) is 5.91 Å². The van der Waals surface area contributed by atoms with Gasteiger partial charge in [-0.05, 0) is 18.3 Å². The van der Waals surface area contributed by atoms with Gasteiger partial charge in [0.25, 0.3) is 0 Å². The maximum absolute atomic E-state index is 12.3. The molecule has 7 heteroatoms. The Morgan fingerprint density at radius 1 is 1.26 bits per heavy atom. The molecule has 0 radical (unpaired) electrons. The lowest BCUT2D eigenvalue weighted by atomic mass is 10.2. The van der Waals surface area contributed by atoms with E-state index in [0.717, 1.165) is 12.1 Å². The summed E-state index contributed by atoms with van der Waals surface area (Å²) >= 11 is 1.45. The molecule has 1 saturated heterocycles. The second kappa shape index (κ2) is 6.47. The van der Waals surface area contributed by atoms with Crippen LogP contribution in [0.15, 0.2) is 5.38 Å². The molecule has 1 aliphatic heterocycles. The molecule has 2 aliphatic rings. The Balaban J connectivity index is 1.48. The minimum absolute atomic E-state index is 0.124. The zero-order valence-electron chi connectivity index (χ0n) is 13.9. The number of amides is 3. The van der Waals surface area contributed by atoms with Crippen molar-refractivity contribution in [2.24, 2.45) is 11.8 Å². The molecule has 6 nitrogen and oxygen atoms in total. The molecule has 126 valence electrons. The van der Waals surface area contributed by atoms with E-state index in [2.05, 4.69) is 31.1 Å². The Morgan fingerprint density at radius 3 is 2.39 bits per heavy atom. The van der Waals surface area contributed by atoms with Crippen LogP contribution in [0.25, 0.3) is 0 Å². The van der Waals surface area contributed by atoms with Gasteiger partial charge in [-0.1, -0.05) is 20.8 Å². The summed E-state index contributed by atoms with van der Waals surface area (Å²) in [6, 6.07) is -0.124. The number of carbonyl (C=O) groups is 2. The first-order valence-corrected chi connectivity index (χ1v) is 9.13. The van der Waals surface area contributed by atoms with Crippen molar-refractivity contribution in [3.63, 3.8) is 0 Å². The number of hydrogen-bond donors (Lipinski definition) is 1. The van der Waals surface area contributed by atoms with E-state index >= 15 is 0 Å². The van der Waals surface area contributed by atoms with Gasteiger partial charge in [0.05, 0.1) is 5.69 Å². The molecule has 0 unspecified atom stereocenters. The summed E-state index contributed by atoms with van der Waals surface area (Å²) in [5.74, 6) is 1.37. The highest BCUT2D eigenvalue weighted by atomic mass is 32.1. The molecular weight excluding hydrogens is 312 g/mol. The molecule has 3 rings (SSSR count). The number of anilines is 1. The van der Waals surface area contributed by atoms with Gasteiger partial charge >= 0.3 is 6.03 Å². The van der Waals surface area contributed by atoms with Crippen molar-refractivity contribution in [2.75, 3.05) is 31.5 Å². The molecule has 2 heterocycles. The van der Waals surface area contributed by atoms with Gasteiger partial charge in [-0.25, -0.2) is 9.78 Å². The van der Waals surface area contributed by atoms with Crippen LogP contribution >= 0.6 is 11.3 Å². The van der Waals surface area contributed by atoms with Gasteiger partial charge in [-0.3, -0.25) is 10.1 Å². The number of nitrogens with zero attached hydrogens (tertiary/aromatic N) is 3. The predicted octanol–water partition coefficient (Wildman–Crippen LogP) is 2.60. The van der Waals surface area contributed by atoms with Gasteiger partial charge in [-0.15, -0.1) is 11.3 Å². The molecule has 1 aliphatic carbocycles. The minimum atomic E-state index is -0.124. The average Bonchev–Trinajstić information content (AvgIpc) is 3.07. The van der Waals surface area contributed by atoms with E-state index in [4.69, 9.17) is 0 Å². The minimum Gasteiger partial charge on any atom is -0.339 e. The third kappa shape index (κ3) is 3.65. The van der Waals surface area contributed by atoms with Gasteiger partial charge in [0.15, 0.2) is 5.13 Å². The van der Waals surface area contributed by atoms with Gasteiger partial charge in [-0.2, -0.15) is 0 Å². The highest BCUT2D eigenvalue weighted by Gasteiger charge is 2.42. The van der Waals surface area contributed by atoms with Crippen molar-refractivity contribution in [2.45, 2.75) is 33.1 Å². The van der Waals surface area contributed by atoms with Crippen LogP contribution in [0.2, 0.25) is 0 Å². The first-order chi connectivity index (χ1) is 11.0. The Morgan fingerprint density at radius 2 is 1.87 bits per heavy atom. The Kier molecular flexibility index (Phi) is 4.57. The normalized spacial score (nSPS) is 24.0. The first kappa shape index (κ1) is 16.2. The molecule has 2 fully saturated rings. The summed E-state index contributed by atoms with van der Waals surface area (Å²) < 4.78 is 0. The Hall–Kier alpha value is -1.63. The van der Waals surface area contributed by atoms with Crippen LogP contribution in [0.3, 0.4) is 0 Å². The summed E-state index contributed by atoms with van der Waals surface area (Å²) in [4.78, 5) is 32.6. The highest BCUT2D eigenvalue weighted by Crippen LogP contribution is 2.39. The summed E-state index contributed by atoms with van der Waals surface area (Å²) in [6.45, 7) is 8.71. The molecular formula is C16H24N4O2S. The summed E-state index contributed by atoms with van der Waals surface area (Å²) in [5.41, 5.74) is 0.999. The number of aromatic nitrogens is 1. The van der Waals surface area contributed by atoms with Crippen molar-refractivity contribution in [1.82, 2.24) is 14.8 Å². The Bertz CT molecular complexity index is 593. The number of hydrogen-bond acceptors (Lipinski definition) is 4. The standard InChI is InChI=1S/C16H24N4O2S/c1-10(2)13-9-23-15(17-13)18-16(22)20-6-4-19(5-7-20)14(21)12-8-11(12)3/h9-12H,4-8H2,1-3H3,(H,17,18,22)/t11-,12+/m1/s1. The smallest absolute Gasteiger partial charge is 0.323 e. The lowest BCUT2D eigenvalue weighted by molar-refractivity contribution is -0.134. The second-order valence-corrected chi connectivity index (χ2v) is 7.65. The van der Waals surface area contributed by atoms with Crippen molar-refractivity contribution in [3.05, 3.63) is 11.1 Å². The average molecular weight is 336 g/mol. The monoisotopic (exact) mass is 336 g/mol. The van der Waals surface area contributed by atoms with Gasteiger partial charge in [0.1, 0.15) is 0 Å². The van der Waals surface area contributed by atoms with E-state index in [-0.39, 0.29) is 17.9 Å². The zero-order chi connectivity index (χ0) is 16.6. The van der Waals surface area contributed by atoms with E-state index in [1.54, 1.807) is 4.90 Å². The summed E-state index contributed by atoms with van der Waals surface area (Å²) in [7, 11) is 0. The van der Waals surface area contributed by atoms with E-state index in [9.17, 15) is 9.59 Å². The fourth-order valence-corrected chi connectivity index (χ4v) is 3.67. The molecule has 0 bridgehead atoms. The van der Waals surface area contributed by atoms with Crippen LogP contribution in [0.5, 0.6) is 0 Å². The topological polar surface area (TPSA) is 65.5 Å². The zero-order valence-corrected chi connectivity index (χ0v) is 14.7. The molecule has 23 heavy (non-hydrogen) atoms. The van der Waals surface area contributed by atoms with Crippen LogP contribution in [0.1, 0.15) is 38.8 Å². The van der Waals surface area contributed by atoms with Crippen LogP contribution in [0.4, 0.5) is 9.93 Å². The molecule has 3 amide bonds. The quantitative estimate of drug-likeness (QED) is 0.923. The number of urea groups is 1. The molecule has 1 aromatic heterocycles. The molecule has 2 atom stereocenters. The number of thiazole rings is 1. The number of piperazine rings is 1. The van der Waals surface area contributed by atoms with Crippen molar-refractivity contribution in [1.29, 1.82) is 0 Å². The van der Waals surface area contributed by atoms with Crippen LogP contribution < -0.4 is 5.32 Å². The van der Waals surface area contributed by atoms with Gasteiger partial charge < -0.3 is 9.80 Å². The maximum atomic E-state index is 12.3. The fourth-order valence-electron chi connectivity index (χ4n) is 2.81. The molecule has 1 aromatic rings. The summed E-state index contributed by atoms with van der Waals surface area (Å²) in [5, 5.41) is 5.49. The van der Waals surface area contributed by atoms with Crippen molar-refractivity contribution < 1.29 is 9.59 Å². The van der Waals surface area contributed by atoms with E-state index in [1.807, 2.05) is 10.3 Å². The predicted molar refractivity (Wildman–Crippen MR) is 90.6 cm³/mol. The third-order valence-electron chi connectivity index (χ3n) is 4.63. The Labute approximate surface area is 140 Å². The van der Waals surface area contributed by atoms with Crippen LogP contribution in [0, 0.1) is 11.8 Å². The van der Waals surface area contributed by atoms with Crippen molar-refractivity contribution in [3.8, 4) is 0 Å². The number of rotatable bonds is 3. The van der Waals surface area contributed by atoms with Gasteiger partial charge in [0, 0.05) is 37.5 Å². The highest BCUT2D eigenvalue weighted by molar-refractivity contribution is 7.13. The molecule has 1 N–H and O–H groups in total. The molecule has 0 aromatic carbocycles. The maximum Gasteiger partial charge on any atom is 0.323 e. The lowest BCUT2D eigenvalue weighted by Gasteiger charge is -2.34. The van der Waals surface area contributed by atoms with Crippen molar-refractivity contribution >= 4 is 28.4 Å². The van der Waals surface area contributed by atoms with Crippen LogP contribution in [-0.2, 0) is 4.79 Å². The number of carbonyl (C=O) groups excluding carboxylic acids is 2. The largest absolute Gasteiger partial charge is 0.339 e. The van der Waals surface area contributed by atoms with E-state index < -0.39 is 0 Å². The summed E-state index contributed by atoms with van der Waals surface area (Å²) in [6.07, 6.45) is 1.02.